The van der Waals surface area contributed by atoms with Gasteiger partial charge in [0, 0.05) is 49.9 Å². The molecule has 1 N–H and O–H groups in total. The third-order valence-corrected chi connectivity index (χ3v) is 4.05. The zero-order valence-corrected chi connectivity index (χ0v) is 12.5. The van der Waals surface area contributed by atoms with Gasteiger partial charge in [0.2, 0.25) is 0 Å². The summed E-state index contributed by atoms with van der Waals surface area (Å²) in [6, 6.07) is 1.26. The van der Waals surface area contributed by atoms with Crippen molar-refractivity contribution in [1.29, 1.82) is 0 Å². The lowest BCUT2D eigenvalue weighted by Gasteiger charge is -2.35. The van der Waals surface area contributed by atoms with Gasteiger partial charge >= 0.3 is 0 Å². The predicted octanol–water partition coefficient (Wildman–Crippen LogP) is 3.63. The van der Waals surface area contributed by atoms with E-state index < -0.39 is 17.5 Å². The number of nitrogens with zero attached hydrogens (tertiary/aromatic N) is 1. The Kier molecular flexibility index (Phi) is 6.06. The van der Waals surface area contributed by atoms with Gasteiger partial charge in [0.15, 0.2) is 0 Å². The zero-order chi connectivity index (χ0) is 15.2. The summed E-state index contributed by atoms with van der Waals surface area (Å²) in [6.45, 7) is 5.24. The highest BCUT2D eigenvalue weighted by atomic mass is 19.1. The Morgan fingerprint density at radius 2 is 1.71 bits per heavy atom. The molecule has 0 unspecified atom stereocenters. The summed E-state index contributed by atoms with van der Waals surface area (Å²) in [5, 5.41) is 3.24. The first-order valence-electron chi connectivity index (χ1n) is 7.72. The van der Waals surface area contributed by atoms with E-state index in [1.807, 2.05) is 0 Å². The van der Waals surface area contributed by atoms with Crippen molar-refractivity contribution in [3.8, 4) is 0 Å². The molecule has 0 aliphatic carbocycles. The maximum Gasteiger partial charge on any atom is 0.133 e. The molecule has 1 atom stereocenters. The number of hydrogen-bond donors (Lipinski definition) is 1. The first kappa shape index (κ1) is 16.3. The highest BCUT2D eigenvalue weighted by molar-refractivity contribution is 5.24. The van der Waals surface area contributed by atoms with Gasteiger partial charge < -0.3 is 5.32 Å². The van der Waals surface area contributed by atoms with Crippen LogP contribution in [-0.4, -0.2) is 31.1 Å². The van der Waals surface area contributed by atoms with Crippen molar-refractivity contribution in [3.63, 3.8) is 0 Å². The number of unbranched alkanes of at least 4 members (excludes halogenated alkanes) is 2. The highest BCUT2D eigenvalue weighted by Gasteiger charge is 2.27. The van der Waals surface area contributed by atoms with Crippen molar-refractivity contribution in [1.82, 2.24) is 10.2 Å². The molecule has 1 saturated heterocycles. The van der Waals surface area contributed by atoms with Gasteiger partial charge in [-0.1, -0.05) is 26.2 Å². The molecule has 0 spiro atoms. The number of hydrogen-bond acceptors (Lipinski definition) is 2. The summed E-state index contributed by atoms with van der Waals surface area (Å²) >= 11 is 0. The van der Waals surface area contributed by atoms with Gasteiger partial charge in [-0.2, -0.15) is 0 Å². The van der Waals surface area contributed by atoms with E-state index in [0.717, 1.165) is 57.6 Å². The molecule has 2 nitrogen and oxygen atoms in total. The first-order valence-corrected chi connectivity index (χ1v) is 7.72. The molecule has 0 amide bonds. The van der Waals surface area contributed by atoms with Crippen LogP contribution in [-0.2, 0) is 0 Å². The standard InChI is InChI=1S/C16H23F3N2/c1-2-3-4-5-15(21-8-6-20-7-9-21)16-13(18)10-12(17)11-14(16)19/h10-11,15,20H,2-9H2,1H3/t15-/m1/s1. The van der Waals surface area contributed by atoms with Crippen molar-refractivity contribution < 1.29 is 13.2 Å². The van der Waals surface area contributed by atoms with Crippen LogP contribution in [0.5, 0.6) is 0 Å². The van der Waals surface area contributed by atoms with E-state index in [1.165, 1.54) is 0 Å². The van der Waals surface area contributed by atoms with Gasteiger partial charge in [0.05, 0.1) is 0 Å². The molecular weight excluding hydrogens is 277 g/mol. The normalized spacial score (nSPS) is 17.9. The van der Waals surface area contributed by atoms with E-state index in [1.54, 1.807) is 0 Å². The van der Waals surface area contributed by atoms with Gasteiger partial charge in [-0.05, 0) is 6.42 Å². The Balaban J connectivity index is 2.25. The quantitative estimate of drug-likeness (QED) is 0.807. The van der Waals surface area contributed by atoms with E-state index in [-0.39, 0.29) is 11.6 Å². The van der Waals surface area contributed by atoms with Crippen LogP contribution in [0.15, 0.2) is 12.1 Å². The number of nitrogens with one attached hydrogen (secondary N) is 1. The number of piperazine rings is 1. The molecule has 0 saturated carbocycles. The Morgan fingerprint density at radius 3 is 2.29 bits per heavy atom. The minimum absolute atomic E-state index is 0.0226. The van der Waals surface area contributed by atoms with Crippen molar-refractivity contribution in [3.05, 3.63) is 35.1 Å². The van der Waals surface area contributed by atoms with E-state index in [9.17, 15) is 13.2 Å². The van der Waals surface area contributed by atoms with Gasteiger partial charge in [-0.15, -0.1) is 0 Å². The summed E-state index contributed by atoms with van der Waals surface area (Å²) in [5.74, 6) is -2.40. The molecular formula is C16H23F3N2. The van der Waals surface area contributed by atoms with Gasteiger partial charge in [-0.3, -0.25) is 4.90 Å². The molecule has 1 heterocycles. The molecule has 1 aromatic rings. The van der Waals surface area contributed by atoms with Crippen LogP contribution in [0, 0.1) is 17.5 Å². The van der Waals surface area contributed by atoms with Crippen LogP contribution in [0.1, 0.15) is 44.2 Å². The van der Waals surface area contributed by atoms with E-state index >= 15 is 0 Å². The fourth-order valence-corrected chi connectivity index (χ4v) is 2.96. The largest absolute Gasteiger partial charge is 0.314 e. The fraction of sp³-hybridized carbons (Fsp3) is 0.625. The minimum atomic E-state index is -0.860. The topological polar surface area (TPSA) is 15.3 Å². The van der Waals surface area contributed by atoms with Gasteiger partial charge in [0.25, 0.3) is 0 Å². The molecule has 1 aliphatic rings. The molecule has 0 radical (unpaired) electrons. The molecule has 1 fully saturated rings. The summed E-state index contributed by atoms with van der Waals surface area (Å²) in [4.78, 5) is 2.10. The van der Waals surface area contributed by atoms with Crippen molar-refractivity contribution in [2.45, 2.75) is 38.6 Å². The molecule has 5 heteroatoms. The SMILES string of the molecule is CCCCC[C@H](c1c(F)cc(F)cc1F)N1CCNCC1. The molecule has 21 heavy (non-hydrogen) atoms. The smallest absolute Gasteiger partial charge is 0.133 e. The molecule has 118 valence electrons. The number of halogens is 3. The van der Waals surface area contributed by atoms with E-state index in [2.05, 4.69) is 17.1 Å². The van der Waals surface area contributed by atoms with Crippen molar-refractivity contribution in [2.24, 2.45) is 0 Å². The van der Waals surface area contributed by atoms with Crippen LogP contribution in [0.3, 0.4) is 0 Å². The van der Waals surface area contributed by atoms with Gasteiger partial charge in [0.1, 0.15) is 17.5 Å². The van der Waals surface area contributed by atoms with Crippen LogP contribution < -0.4 is 5.32 Å². The molecule has 0 bridgehead atoms. The third-order valence-electron chi connectivity index (χ3n) is 4.05. The Hall–Kier alpha value is -1.07. The molecule has 2 rings (SSSR count). The third kappa shape index (κ3) is 4.20. The fourth-order valence-electron chi connectivity index (χ4n) is 2.96. The number of rotatable bonds is 6. The summed E-state index contributed by atoms with van der Waals surface area (Å²) in [7, 11) is 0. The molecule has 0 aromatic heterocycles. The summed E-state index contributed by atoms with van der Waals surface area (Å²) < 4.78 is 41.3. The highest BCUT2D eigenvalue weighted by Crippen LogP contribution is 2.31. The lowest BCUT2D eigenvalue weighted by molar-refractivity contribution is 0.156. The Labute approximate surface area is 124 Å². The van der Waals surface area contributed by atoms with Crippen molar-refractivity contribution >= 4 is 0 Å². The molecule has 1 aliphatic heterocycles. The predicted molar refractivity (Wildman–Crippen MR) is 77.6 cm³/mol. The van der Waals surface area contributed by atoms with Crippen LogP contribution in [0.4, 0.5) is 13.2 Å². The average molecular weight is 300 g/mol. The average Bonchev–Trinajstić information content (AvgIpc) is 2.45. The van der Waals surface area contributed by atoms with E-state index in [4.69, 9.17) is 0 Å². The second-order valence-corrected chi connectivity index (χ2v) is 5.58. The first-order chi connectivity index (χ1) is 10.1. The monoisotopic (exact) mass is 300 g/mol. The Bertz CT molecular complexity index is 436. The van der Waals surface area contributed by atoms with Crippen LogP contribution in [0.2, 0.25) is 0 Å². The lowest BCUT2D eigenvalue weighted by Crippen LogP contribution is -2.45. The second-order valence-electron chi connectivity index (χ2n) is 5.58. The molecule has 1 aromatic carbocycles. The summed E-state index contributed by atoms with van der Waals surface area (Å²) in [6.07, 6.45) is 3.71. The zero-order valence-electron chi connectivity index (χ0n) is 12.5. The van der Waals surface area contributed by atoms with Crippen molar-refractivity contribution in [2.75, 3.05) is 26.2 Å². The lowest BCUT2D eigenvalue weighted by atomic mass is 9.97. The number of benzene rings is 1. The maximum atomic E-state index is 14.1. The minimum Gasteiger partial charge on any atom is -0.314 e. The van der Waals surface area contributed by atoms with Crippen LogP contribution >= 0.6 is 0 Å². The van der Waals surface area contributed by atoms with E-state index in [0.29, 0.717) is 6.42 Å². The Morgan fingerprint density at radius 1 is 1.10 bits per heavy atom. The van der Waals surface area contributed by atoms with Crippen LogP contribution in [0.25, 0.3) is 0 Å². The maximum absolute atomic E-state index is 14.1. The summed E-state index contributed by atoms with van der Waals surface area (Å²) in [5.41, 5.74) is 0.0226. The second kappa shape index (κ2) is 7.80. The van der Waals surface area contributed by atoms with Gasteiger partial charge in [-0.25, -0.2) is 13.2 Å².